The number of rotatable bonds is 2. The topological polar surface area (TPSA) is 63.2 Å². The standard InChI is InChI=1S/C14H19N3O2/c18-13(12-3-1-2-6-16-12)17-11-9-14(19-10-11)4-7-15-8-5-14/h1-3,6,11,15H,4-5,7-10H2,(H,17,18)/t11-/m0/s1. The molecule has 0 bridgehead atoms. The van der Waals surface area contributed by atoms with E-state index in [0.29, 0.717) is 12.3 Å². The van der Waals surface area contributed by atoms with Crippen molar-refractivity contribution in [1.82, 2.24) is 15.6 Å². The fourth-order valence-electron chi connectivity index (χ4n) is 2.92. The van der Waals surface area contributed by atoms with Crippen LogP contribution in [0.1, 0.15) is 29.8 Å². The molecule has 3 heterocycles. The molecule has 0 radical (unpaired) electrons. The molecular formula is C14H19N3O2. The van der Waals surface area contributed by atoms with Gasteiger partial charge in [0, 0.05) is 6.20 Å². The Morgan fingerprint density at radius 3 is 3.00 bits per heavy atom. The van der Waals surface area contributed by atoms with Crippen molar-refractivity contribution in [2.24, 2.45) is 0 Å². The summed E-state index contributed by atoms with van der Waals surface area (Å²) >= 11 is 0. The first kappa shape index (κ1) is 12.6. The van der Waals surface area contributed by atoms with Gasteiger partial charge in [0.15, 0.2) is 0 Å². The molecule has 5 heteroatoms. The van der Waals surface area contributed by atoms with Crippen molar-refractivity contribution < 1.29 is 9.53 Å². The summed E-state index contributed by atoms with van der Waals surface area (Å²) in [7, 11) is 0. The second kappa shape index (κ2) is 5.27. The minimum atomic E-state index is -0.111. The van der Waals surface area contributed by atoms with Gasteiger partial charge in [0.1, 0.15) is 5.69 Å². The number of carbonyl (C=O) groups is 1. The molecule has 1 amide bonds. The molecule has 3 rings (SSSR count). The summed E-state index contributed by atoms with van der Waals surface area (Å²) in [6.07, 6.45) is 4.60. The number of aromatic nitrogens is 1. The highest BCUT2D eigenvalue weighted by Crippen LogP contribution is 2.33. The third-order valence-corrected chi connectivity index (χ3v) is 3.96. The zero-order valence-corrected chi connectivity index (χ0v) is 10.9. The highest BCUT2D eigenvalue weighted by molar-refractivity contribution is 5.92. The van der Waals surface area contributed by atoms with Gasteiger partial charge in [-0.15, -0.1) is 0 Å². The Bertz CT molecular complexity index is 443. The van der Waals surface area contributed by atoms with Gasteiger partial charge in [0.25, 0.3) is 5.91 Å². The number of ether oxygens (including phenoxy) is 1. The van der Waals surface area contributed by atoms with Crippen molar-refractivity contribution >= 4 is 5.91 Å². The molecule has 2 fully saturated rings. The van der Waals surface area contributed by atoms with Crippen LogP contribution in [0.2, 0.25) is 0 Å². The van der Waals surface area contributed by atoms with E-state index in [2.05, 4.69) is 15.6 Å². The Morgan fingerprint density at radius 1 is 1.42 bits per heavy atom. The molecule has 2 aliphatic heterocycles. The third-order valence-electron chi connectivity index (χ3n) is 3.96. The first-order chi connectivity index (χ1) is 9.27. The van der Waals surface area contributed by atoms with Crippen molar-refractivity contribution in [3.05, 3.63) is 30.1 Å². The lowest BCUT2D eigenvalue weighted by molar-refractivity contribution is -0.0194. The summed E-state index contributed by atoms with van der Waals surface area (Å²) < 4.78 is 5.96. The van der Waals surface area contributed by atoms with Crippen LogP contribution in [0.15, 0.2) is 24.4 Å². The van der Waals surface area contributed by atoms with Crippen molar-refractivity contribution in [2.75, 3.05) is 19.7 Å². The molecule has 1 atom stereocenters. The van der Waals surface area contributed by atoms with E-state index in [0.717, 1.165) is 32.4 Å². The summed E-state index contributed by atoms with van der Waals surface area (Å²) in [5.74, 6) is -0.111. The Balaban J connectivity index is 1.58. The molecule has 0 aliphatic carbocycles. The number of nitrogens with one attached hydrogen (secondary N) is 2. The van der Waals surface area contributed by atoms with Gasteiger partial charge in [0.2, 0.25) is 0 Å². The normalized spacial score (nSPS) is 25.4. The Labute approximate surface area is 112 Å². The highest BCUT2D eigenvalue weighted by Gasteiger charge is 2.41. The molecule has 2 N–H and O–H groups in total. The molecule has 2 aliphatic rings. The minimum absolute atomic E-state index is 0.0205. The van der Waals surface area contributed by atoms with Crippen molar-refractivity contribution in [2.45, 2.75) is 30.9 Å². The quantitative estimate of drug-likeness (QED) is 0.823. The van der Waals surface area contributed by atoms with E-state index in [1.807, 2.05) is 6.07 Å². The lowest BCUT2D eigenvalue weighted by Crippen LogP contribution is -2.43. The minimum Gasteiger partial charge on any atom is -0.373 e. The van der Waals surface area contributed by atoms with E-state index < -0.39 is 0 Å². The Morgan fingerprint density at radius 2 is 2.26 bits per heavy atom. The number of nitrogens with zero attached hydrogens (tertiary/aromatic N) is 1. The van der Waals surface area contributed by atoms with E-state index in [-0.39, 0.29) is 17.6 Å². The van der Waals surface area contributed by atoms with E-state index in [9.17, 15) is 4.79 Å². The number of pyridine rings is 1. The van der Waals surface area contributed by atoms with Gasteiger partial charge in [-0.3, -0.25) is 9.78 Å². The number of hydrogen-bond donors (Lipinski definition) is 2. The number of piperidine rings is 1. The molecule has 2 saturated heterocycles. The van der Waals surface area contributed by atoms with Gasteiger partial charge >= 0.3 is 0 Å². The van der Waals surface area contributed by atoms with Crippen LogP contribution in [0.5, 0.6) is 0 Å². The van der Waals surface area contributed by atoms with Crippen LogP contribution in [-0.2, 0) is 4.74 Å². The first-order valence-electron chi connectivity index (χ1n) is 6.84. The van der Waals surface area contributed by atoms with E-state index in [1.54, 1.807) is 18.3 Å². The molecule has 102 valence electrons. The van der Waals surface area contributed by atoms with Crippen LogP contribution in [0.3, 0.4) is 0 Å². The summed E-state index contributed by atoms with van der Waals surface area (Å²) in [4.78, 5) is 16.1. The zero-order valence-electron chi connectivity index (χ0n) is 10.9. The summed E-state index contributed by atoms with van der Waals surface area (Å²) in [6.45, 7) is 2.61. The van der Waals surface area contributed by atoms with E-state index in [4.69, 9.17) is 4.74 Å². The lowest BCUT2D eigenvalue weighted by Gasteiger charge is -2.32. The molecule has 0 aromatic carbocycles. The molecule has 1 aromatic rings. The van der Waals surface area contributed by atoms with Gasteiger partial charge in [-0.05, 0) is 44.5 Å². The maximum atomic E-state index is 12.0. The Hall–Kier alpha value is -1.46. The van der Waals surface area contributed by atoms with Crippen LogP contribution in [0.4, 0.5) is 0 Å². The molecule has 19 heavy (non-hydrogen) atoms. The predicted molar refractivity (Wildman–Crippen MR) is 70.9 cm³/mol. The third kappa shape index (κ3) is 2.77. The van der Waals surface area contributed by atoms with Crippen LogP contribution in [0, 0.1) is 0 Å². The van der Waals surface area contributed by atoms with Crippen molar-refractivity contribution in [3.8, 4) is 0 Å². The molecule has 1 spiro atoms. The second-order valence-corrected chi connectivity index (χ2v) is 5.33. The molecular weight excluding hydrogens is 242 g/mol. The summed E-state index contributed by atoms with van der Waals surface area (Å²) in [6, 6.07) is 5.46. The Kier molecular flexibility index (Phi) is 3.48. The number of carbonyl (C=O) groups excluding carboxylic acids is 1. The fraction of sp³-hybridized carbons (Fsp3) is 0.571. The monoisotopic (exact) mass is 261 g/mol. The lowest BCUT2D eigenvalue weighted by atomic mass is 9.88. The molecule has 0 unspecified atom stereocenters. The fourth-order valence-corrected chi connectivity index (χ4v) is 2.92. The van der Waals surface area contributed by atoms with Crippen LogP contribution in [0.25, 0.3) is 0 Å². The number of amides is 1. The van der Waals surface area contributed by atoms with Gasteiger partial charge < -0.3 is 15.4 Å². The SMILES string of the molecule is O=C(N[C@@H]1COC2(CCNCC2)C1)c1ccccn1. The maximum Gasteiger partial charge on any atom is 0.270 e. The molecule has 0 saturated carbocycles. The smallest absolute Gasteiger partial charge is 0.270 e. The van der Waals surface area contributed by atoms with Gasteiger partial charge in [0.05, 0.1) is 18.2 Å². The number of hydrogen-bond acceptors (Lipinski definition) is 4. The second-order valence-electron chi connectivity index (χ2n) is 5.33. The van der Waals surface area contributed by atoms with Crippen molar-refractivity contribution in [3.63, 3.8) is 0 Å². The summed E-state index contributed by atoms with van der Waals surface area (Å²) in [5, 5.41) is 6.36. The van der Waals surface area contributed by atoms with Gasteiger partial charge in [-0.1, -0.05) is 6.07 Å². The van der Waals surface area contributed by atoms with Crippen LogP contribution >= 0.6 is 0 Å². The van der Waals surface area contributed by atoms with Crippen LogP contribution in [-0.4, -0.2) is 42.2 Å². The van der Waals surface area contributed by atoms with E-state index in [1.165, 1.54) is 0 Å². The highest BCUT2D eigenvalue weighted by atomic mass is 16.5. The van der Waals surface area contributed by atoms with E-state index >= 15 is 0 Å². The molecule has 1 aromatic heterocycles. The predicted octanol–water partition coefficient (Wildman–Crippen LogP) is 0.722. The average Bonchev–Trinajstić information content (AvgIpc) is 2.83. The maximum absolute atomic E-state index is 12.0. The van der Waals surface area contributed by atoms with Gasteiger partial charge in [-0.2, -0.15) is 0 Å². The zero-order chi connectivity index (χ0) is 13.1. The van der Waals surface area contributed by atoms with Crippen LogP contribution < -0.4 is 10.6 Å². The average molecular weight is 261 g/mol. The van der Waals surface area contributed by atoms with Crippen molar-refractivity contribution in [1.29, 1.82) is 0 Å². The first-order valence-corrected chi connectivity index (χ1v) is 6.84. The summed E-state index contributed by atoms with van der Waals surface area (Å²) in [5.41, 5.74) is 0.446. The largest absolute Gasteiger partial charge is 0.373 e. The molecule has 5 nitrogen and oxygen atoms in total. The van der Waals surface area contributed by atoms with Gasteiger partial charge in [-0.25, -0.2) is 0 Å².